The molecule has 10 heteroatoms. The molecule has 0 radical (unpaired) electrons. The Hall–Kier alpha value is -3.07. The Balaban J connectivity index is 1.89. The van der Waals surface area contributed by atoms with Crippen LogP contribution in [0.25, 0.3) is 0 Å². The summed E-state index contributed by atoms with van der Waals surface area (Å²) in [6.45, 7) is 6.34. The third kappa shape index (κ3) is 9.21. The van der Waals surface area contributed by atoms with E-state index in [0.717, 1.165) is 22.9 Å². The minimum Gasteiger partial charge on any atom is -0.355 e. The highest BCUT2D eigenvalue weighted by atomic mass is 35.5. The van der Waals surface area contributed by atoms with Crippen LogP contribution < -0.4 is 9.62 Å². The second-order valence-corrected chi connectivity index (χ2v) is 12.8. The van der Waals surface area contributed by atoms with E-state index in [1.807, 2.05) is 63.2 Å². The fraction of sp³-hybridized carbons (Fsp3) is 0.355. The Morgan fingerprint density at radius 2 is 1.66 bits per heavy atom. The minimum absolute atomic E-state index is 0.0345. The molecule has 0 saturated carbocycles. The van der Waals surface area contributed by atoms with Gasteiger partial charge >= 0.3 is 0 Å². The van der Waals surface area contributed by atoms with E-state index >= 15 is 0 Å². The lowest BCUT2D eigenvalue weighted by atomic mass is 10.0. The summed E-state index contributed by atoms with van der Waals surface area (Å²) in [7, 11) is -3.59. The Morgan fingerprint density at radius 1 is 0.951 bits per heavy atom. The predicted molar refractivity (Wildman–Crippen MR) is 167 cm³/mol. The number of nitrogens with zero attached hydrogens (tertiary/aromatic N) is 2. The summed E-state index contributed by atoms with van der Waals surface area (Å²) in [5.74, 6) is -0.556. The van der Waals surface area contributed by atoms with E-state index in [4.69, 9.17) is 23.2 Å². The number of aryl methyl sites for hydroxylation is 2. The van der Waals surface area contributed by atoms with Crippen molar-refractivity contribution in [3.05, 3.63) is 99.0 Å². The molecule has 0 spiro atoms. The van der Waals surface area contributed by atoms with Crippen LogP contribution >= 0.6 is 23.2 Å². The van der Waals surface area contributed by atoms with E-state index in [0.29, 0.717) is 34.3 Å². The highest BCUT2D eigenvalue weighted by molar-refractivity contribution is 7.92. The smallest absolute Gasteiger partial charge is 0.243 e. The number of halogens is 2. The standard InChI is InChI=1S/C31H37Cl2N3O4S/c1-5-34-31(38)29(19-24-10-7-6-8-11-24)35(21-25-14-15-26(32)20-28(25)33)30(37)12-9-17-36(41(4,39)40)27-16-13-22(2)23(3)18-27/h6-8,10-11,13-16,18,20,29H,5,9,12,17,19,21H2,1-4H3,(H,34,38)/t29-/m1/s1. The van der Waals surface area contributed by atoms with Gasteiger partial charge in [-0.05, 0) is 73.7 Å². The summed E-state index contributed by atoms with van der Waals surface area (Å²) >= 11 is 12.6. The Morgan fingerprint density at radius 3 is 2.27 bits per heavy atom. The molecule has 0 fully saturated rings. The van der Waals surface area contributed by atoms with Crippen LogP contribution in [0.2, 0.25) is 10.0 Å². The molecule has 3 rings (SSSR count). The molecule has 0 heterocycles. The summed E-state index contributed by atoms with van der Waals surface area (Å²) in [6, 6.07) is 19.2. The summed E-state index contributed by atoms with van der Waals surface area (Å²) in [5.41, 5.74) is 4.14. The van der Waals surface area contributed by atoms with Crippen molar-refractivity contribution < 1.29 is 18.0 Å². The highest BCUT2D eigenvalue weighted by Crippen LogP contribution is 2.26. The van der Waals surface area contributed by atoms with E-state index in [1.165, 1.54) is 9.21 Å². The first-order chi connectivity index (χ1) is 19.4. The van der Waals surface area contributed by atoms with Gasteiger partial charge in [-0.1, -0.05) is 65.7 Å². The van der Waals surface area contributed by atoms with Gasteiger partial charge in [0.1, 0.15) is 6.04 Å². The minimum atomic E-state index is -3.59. The lowest BCUT2D eigenvalue weighted by molar-refractivity contribution is -0.141. The van der Waals surface area contributed by atoms with Crippen molar-refractivity contribution in [1.82, 2.24) is 10.2 Å². The lowest BCUT2D eigenvalue weighted by Crippen LogP contribution is -2.50. The molecule has 0 bridgehead atoms. The average Bonchev–Trinajstić information content (AvgIpc) is 2.91. The first kappa shape index (κ1) is 32.4. The van der Waals surface area contributed by atoms with Gasteiger partial charge in [-0.3, -0.25) is 13.9 Å². The van der Waals surface area contributed by atoms with Gasteiger partial charge in [-0.15, -0.1) is 0 Å². The molecule has 0 aliphatic rings. The van der Waals surface area contributed by atoms with E-state index in [1.54, 1.807) is 24.3 Å². The SMILES string of the molecule is CCNC(=O)[C@@H](Cc1ccccc1)N(Cc1ccc(Cl)cc1Cl)C(=O)CCCN(c1ccc(C)c(C)c1)S(C)(=O)=O. The number of likely N-dealkylation sites (N-methyl/N-ethyl adjacent to an activating group) is 1. The summed E-state index contributed by atoms with van der Waals surface area (Å²) in [4.78, 5) is 28.7. The lowest BCUT2D eigenvalue weighted by Gasteiger charge is -2.32. The van der Waals surface area contributed by atoms with E-state index in [9.17, 15) is 18.0 Å². The molecule has 0 aliphatic carbocycles. The molecule has 220 valence electrons. The molecule has 1 N–H and O–H groups in total. The zero-order chi connectivity index (χ0) is 30.2. The van der Waals surface area contributed by atoms with Crippen LogP contribution in [0.15, 0.2) is 66.7 Å². The molecule has 0 aliphatic heterocycles. The Bertz CT molecular complexity index is 1470. The van der Waals surface area contributed by atoms with Crippen LogP contribution in [0.5, 0.6) is 0 Å². The topological polar surface area (TPSA) is 86.8 Å². The summed E-state index contributed by atoms with van der Waals surface area (Å²) < 4.78 is 26.7. The molecule has 3 aromatic rings. The molecule has 2 amide bonds. The average molecular weight is 619 g/mol. The molecule has 3 aromatic carbocycles. The number of carbonyl (C=O) groups excluding carboxylic acids is 2. The Labute approximate surface area is 253 Å². The van der Waals surface area contributed by atoms with Crippen LogP contribution in [-0.2, 0) is 32.6 Å². The predicted octanol–water partition coefficient (Wildman–Crippen LogP) is 5.93. The third-order valence-electron chi connectivity index (χ3n) is 6.91. The van der Waals surface area contributed by atoms with Crippen molar-refractivity contribution in [2.75, 3.05) is 23.7 Å². The van der Waals surface area contributed by atoms with Crippen molar-refractivity contribution in [3.8, 4) is 0 Å². The molecule has 7 nitrogen and oxygen atoms in total. The first-order valence-corrected chi connectivity index (χ1v) is 16.1. The number of nitrogens with one attached hydrogen (secondary N) is 1. The highest BCUT2D eigenvalue weighted by Gasteiger charge is 2.30. The van der Waals surface area contributed by atoms with Gasteiger partial charge in [0, 0.05) is 42.5 Å². The zero-order valence-electron chi connectivity index (χ0n) is 23.9. The van der Waals surface area contributed by atoms with Crippen molar-refractivity contribution in [1.29, 1.82) is 0 Å². The van der Waals surface area contributed by atoms with Gasteiger partial charge in [-0.25, -0.2) is 8.42 Å². The molecule has 0 aromatic heterocycles. The monoisotopic (exact) mass is 617 g/mol. The van der Waals surface area contributed by atoms with Gasteiger partial charge in [0.05, 0.1) is 11.9 Å². The van der Waals surface area contributed by atoms with E-state index in [2.05, 4.69) is 5.32 Å². The maximum absolute atomic E-state index is 13.8. The van der Waals surface area contributed by atoms with Crippen molar-refractivity contribution >= 4 is 50.7 Å². The van der Waals surface area contributed by atoms with Crippen LogP contribution in [0.4, 0.5) is 5.69 Å². The quantitative estimate of drug-likeness (QED) is 0.257. The van der Waals surface area contributed by atoms with Gasteiger partial charge in [-0.2, -0.15) is 0 Å². The number of benzene rings is 3. The largest absolute Gasteiger partial charge is 0.355 e. The van der Waals surface area contributed by atoms with Crippen molar-refractivity contribution in [3.63, 3.8) is 0 Å². The molecule has 1 atom stereocenters. The zero-order valence-corrected chi connectivity index (χ0v) is 26.2. The van der Waals surface area contributed by atoms with E-state index < -0.39 is 16.1 Å². The second kappa shape index (κ2) is 14.7. The fourth-order valence-corrected chi connectivity index (χ4v) is 5.99. The maximum atomic E-state index is 13.8. The van der Waals surface area contributed by atoms with Crippen LogP contribution in [0.3, 0.4) is 0 Å². The summed E-state index contributed by atoms with van der Waals surface area (Å²) in [6.07, 6.45) is 1.76. The Kier molecular flexibility index (Phi) is 11.6. The number of carbonyl (C=O) groups is 2. The van der Waals surface area contributed by atoms with Crippen molar-refractivity contribution in [2.45, 2.75) is 52.6 Å². The normalized spacial score (nSPS) is 12.0. The molecule has 0 saturated heterocycles. The molecular weight excluding hydrogens is 581 g/mol. The third-order valence-corrected chi connectivity index (χ3v) is 8.69. The van der Waals surface area contributed by atoms with Crippen LogP contribution in [0.1, 0.15) is 42.0 Å². The van der Waals surface area contributed by atoms with Crippen LogP contribution in [0, 0.1) is 13.8 Å². The van der Waals surface area contributed by atoms with E-state index in [-0.39, 0.29) is 37.7 Å². The first-order valence-electron chi connectivity index (χ1n) is 13.5. The number of rotatable bonds is 13. The van der Waals surface area contributed by atoms with Crippen LogP contribution in [-0.4, -0.2) is 50.5 Å². The number of anilines is 1. The van der Waals surface area contributed by atoms with Gasteiger partial charge < -0.3 is 10.2 Å². The fourth-order valence-electron chi connectivity index (χ4n) is 4.56. The number of sulfonamides is 1. The molecule has 41 heavy (non-hydrogen) atoms. The molecular formula is C31H37Cl2N3O4S. The van der Waals surface area contributed by atoms with Gasteiger partial charge in [0.25, 0.3) is 0 Å². The molecule has 0 unspecified atom stereocenters. The number of hydrogen-bond acceptors (Lipinski definition) is 4. The maximum Gasteiger partial charge on any atom is 0.243 e. The summed E-state index contributed by atoms with van der Waals surface area (Å²) in [5, 5.41) is 3.72. The number of hydrogen-bond donors (Lipinski definition) is 1. The number of amides is 2. The second-order valence-electron chi connectivity index (χ2n) is 10.1. The van der Waals surface area contributed by atoms with Gasteiger partial charge in [0.2, 0.25) is 21.8 Å². The van der Waals surface area contributed by atoms with Gasteiger partial charge in [0.15, 0.2) is 0 Å². The van der Waals surface area contributed by atoms with Crippen molar-refractivity contribution in [2.24, 2.45) is 0 Å².